The molecule has 16 heavy (non-hydrogen) atoms. The van der Waals surface area contributed by atoms with Crippen LogP contribution in [0.15, 0.2) is 36.9 Å². The van der Waals surface area contributed by atoms with Gasteiger partial charge in [0.15, 0.2) is 0 Å². The van der Waals surface area contributed by atoms with E-state index in [1.54, 1.807) is 12.1 Å². The fraction of sp³-hybridized carbons (Fsp3) is 0.273. The van der Waals surface area contributed by atoms with Crippen LogP contribution in [0.25, 0.3) is 0 Å². The van der Waals surface area contributed by atoms with Crippen molar-refractivity contribution in [1.29, 1.82) is 0 Å². The van der Waals surface area contributed by atoms with Crippen molar-refractivity contribution in [2.24, 2.45) is 0 Å². The number of alkyl halides is 3. The highest BCUT2D eigenvalue weighted by atomic mass is 35.5. The second kappa shape index (κ2) is 6.55. The zero-order chi connectivity index (χ0) is 11.3. The first-order valence-corrected chi connectivity index (χ1v) is 4.52. The Morgan fingerprint density at radius 2 is 2.00 bits per heavy atom. The van der Waals surface area contributed by atoms with Gasteiger partial charge in [-0.25, -0.2) is 0 Å². The standard InChI is InChI=1S/C11H12F3N.ClH/c1-2-6-15-8-9-4-3-5-10(7-9)11(12,13)14;/h2-5,7,15H,1,6,8H2;1H. The number of hydrogen-bond acceptors (Lipinski definition) is 1. The summed E-state index contributed by atoms with van der Waals surface area (Å²) in [5.74, 6) is 0. The fourth-order valence-electron chi connectivity index (χ4n) is 1.18. The Labute approximate surface area is 98.8 Å². The van der Waals surface area contributed by atoms with Crippen LogP contribution >= 0.6 is 12.4 Å². The molecule has 0 spiro atoms. The third kappa shape index (κ3) is 4.68. The third-order valence-electron chi connectivity index (χ3n) is 1.87. The van der Waals surface area contributed by atoms with Gasteiger partial charge in [0.1, 0.15) is 0 Å². The molecule has 0 bridgehead atoms. The predicted molar refractivity (Wildman–Crippen MR) is 60.6 cm³/mol. The van der Waals surface area contributed by atoms with E-state index in [1.165, 1.54) is 6.07 Å². The highest BCUT2D eigenvalue weighted by Crippen LogP contribution is 2.29. The molecule has 1 nitrogen and oxygen atoms in total. The Morgan fingerprint density at radius 3 is 2.56 bits per heavy atom. The van der Waals surface area contributed by atoms with Crippen molar-refractivity contribution < 1.29 is 13.2 Å². The van der Waals surface area contributed by atoms with Crippen LogP contribution < -0.4 is 5.32 Å². The smallest absolute Gasteiger partial charge is 0.309 e. The molecule has 0 unspecified atom stereocenters. The first kappa shape index (κ1) is 15.0. The molecule has 0 aliphatic rings. The molecule has 0 aliphatic carbocycles. The molecule has 0 heterocycles. The van der Waals surface area contributed by atoms with E-state index in [2.05, 4.69) is 11.9 Å². The number of hydrogen-bond donors (Lipinski definition) is 1. The Hall–Kier alpha value is -1.00. The summed E-state index contributed by atoms with van der Waals surface area (Å²) in [6, 6.07) is 5.28. The summed E-state index contributed by atoms with van der Waals surface area (Å²) in [4.78, 5) is 0. The van der Waals surface area contributed by atoms with Gasteiger partial charge in [-0.15, -0.1) is 19.0 Å². The lowest BCUT2D eigenvalue weighted by molar-refractivity contribution is -0.137. The summed E-state index contributed by atoms with van der Waals surface area (Å²) in [5, 5.41) is 2.94. The Kier molecular flexibility index (Phi) is 6.14. The minimum absolute atomic E-state index is 0. The molecular weight excluding hydrogens is 239 g/mol. The van der Waals surface area contributed by atoms with Crippen molar-refractivity contribution in [2.75, 3.05) is 6.54 Å². The lowest BCUT2D eigenvalue weighted by Gasteiger charge is -2.08. The molecule has 0 fully saturated rings. The van der Waals surface area contributed by atoms with Gasteiger partial charge in [-0.3, -0.25) is 0 Å². The maximum atomic E-state index is 12.3. The Balaban J connectivity index is 0.00000225. The summed E-state index contributed by atoms with van der Waals surface area (Å²) in [6.45, 7) is 4.50. The normalized spacial score (nSPS) is 10.7. The quantitative estimate of drug-likeness (QED) is 0.639. The largest absolute Gasteiger partial charge is 0.416 e. The van der Waals surface area contributed by atoms with Gasteiger partial charge in [-0.1, -0.05) is 24.3 Å². The maximum absolute atomic E-state index is 12.3. The summed E-state index contributed by atoms with van der Waals surface area (Å²) in [7, 11) is 0. The van der Waals surface area contributed by atoms with Gasteiger partial charge in [0.05, 0.1) is 5.56 Å². The highest BCUT2D eigenvalue weighted by molar-refractivity contribution is 5.85. The minimum atomic E-state index is -4.27. The van der Waals surface area contributed by atoms with Crippen LogP contribution in [0.1, 0.15) is 11.1 Å². The molecule has 0 aliphatic heterocycles. The number of rotatable bonds is 4. The summed E-state index contributed by atoms with van der Waals surface area (Å²) in [5.41, 5.74) is 0.00655. The number of halogens is 4. The SMILES string of the molecule is C=CCNCc1cccc(C(F)(F)F)c1.Cl. The van der Waals surface area contributed by atoms with Crippen molar-refractivity contribution in [3.8, 4) is 0 Å². The van der Waals surface area contributed by atoms with Crippen molar-refractivity contribution in [1.82, 2.24) is 5.32 Å². The van der Waals surface area contributed by atoms with E-state index in [9.17, 15) is 13.2 Å². The zero-order valence-corrected chi connectivity index (χ0v) is 9.37. The topological polar surface area (TPSA) is 12.0 Å². The van der Waals surface area contributed by atoms with Gasteiger partial charge in [-0.2, -0.15) is 13.2 Å². The first-order valence-electron chi connectivity index (χ1n) is 4.52. The predicted octanol–water partition coefficient (Wildman–Crippen LogP) is 3.40. The second-order valence-electron chi connectivity index (χ2n) is 3.12. The average Bonchev–Trinajstić information content (AvgIpc) is 2.17. The van der Waals surface area contributed by atoms with Crippen molar-refractivity contribution >= 4 is 12.4 Å². The lowest BCUT2D eigenvalue weighted by atomic mass is 10.1. The van der Waals surface area contributed by atoms with Gasteiger partial charge >= 0.3 is 6.18 Å². The molecule has 0 aromatic heterocycles. The van der Waals surface area contributed by atoms with E-state index in [4.69, 9.17) is 0 Å². The third-order valence-corrected chi connectivity index (χ3v) is 1.87. The molecule has 90 valence electrons. The monoisotopic (exact) mass is 251 g/mol. The fourth-order valence-corrected chi connectivity index (χ4v) is 1.18. The number of benzene rings is 1. The molecule has 0 atom stereocenters. The highest BCUT2D eigenvalue weighted by Gasteiger charge is 2.30. The lowest BCUT2D eigenvalue weighted by Crippen LogP contribution is -2.13. The molecule has 5 heteroatoms. The number of nitrogens with one attached hydrogen (secondary N) is 1. The van der Waals surface area contributed by atoms with Gasteiger partial charge in [0.25, 0.3) is 0 Å². The summed E-state index contributed by atoms with van der Waals surface area (Å²) < 4.78 is 37.0. The Morgan fingerprint density at radius 1 is 1.31 bits per heavy atom. The van der Waals surface area contributed by atoms with Crippen LogP contribution in [-0.4, -0.2) is 6.54 Å². The van der Waals surface area contributed by atoms with Crippen molar-refractivity contribution in [3.05, 3.63) is 48.0 Å². The summed E-state index contributed by atoms with van der Waals surface area (Å²) in [6.07, 6.45) is -2.61. The van der Waals surface area contributed by atoms with Crippen LogP contribution in [-0.2, 0) is 12.7 Å². The van der Waals surface area contributed by atoms with E-state index >= 15 is 0 Å². The van der Waals surface area contributed by atoms with E-state index in [1.807, 2.05) is 0 Å². The second-order valence-corrected chi connectivity index (χ2v) is 3.12. The molecule has 0 saturated carbocycles. The molecule has 1 aromatic carbocycles. The van der Waals surface area contributed by atoms with Gasteiger partial charge < -0.3 is 5.32 Å². The molecule has 0 amide bonds. The maximum Gasteiger partial charge on any atom is 0.416 e. The molecule has 1 rings (SSSR count). The first-order chi connectivity index (χ1) is 7.04. The van der Waals surface area contributed by atoms with Crippen LogP contribution in [0, 0.1) is 0 Å². The molecule has 0 saturated heterocycles. The molecular formula is C11H13ClF3N. The molecule has 1 aromatic rings. The molecule has 0 radical (unpaired) electrons. The molecule has 1 N–H and O–H groups in total. The Bertz CT molecular complexity index is 336. The zero-order valence-electron chi connectivity index (χ0n) is 8.55. The van der Waals surface area contributed by atoms with E-state index in [0.717, 1.165) is 12.1 Å². The van der Waals surface area contributed by atoms with Gasteiger partial charge in [0, 0.05) is 13.1 Å². The van der Waals surface area contributed by atoms with E-state index < -0.39 is 11.7 Å². The van der Waals surface area contributed by atoms with Crippen molar-refractivity contribution in [2.45, 2.75) is 12.7 Å². The van der Waals surface area contributed by atoms with Gasteiger partial charge in [-0.05, 0) is 11.6 Å². The van der Waals surface area contributed by atoms with Crippen molar-refractivity contribution in [3.63, 3.8) is 0 Å². The van der Waals surface area contributed by atoms with Crippen LogP contribution in [0.3, 0.4) is 0 Å². The minimum Gasteiger partial charge on any atom is -0.309 e. The van der Waals surface area contributed by atoms with Crippen LogP contribution in [0.5, 0.6) is 0 Å². The van der Waals surface area contributed by atoms with Crippen LogP contribution in [0.2, 0.25) is 0 Å². The average molecular weight is 252 g/mol. The van der Waals surface area contributed by atoms with Crippen LogP contribution in [0.4, 0.5) is 13.2 Å². The van der Waals surface area contributed by atoms with E-state index in [-0.39, 0.29) is 12.4 Å². The van der Waals surface area contributed by atoms with Gasteiger partial charge in [0.2, 0.25) is 0 Å². The summed E-state index contributed by atoms with van der Waals surface area (Å²) >= 11 is 0. The van der Waals surface area contributed by atoms with E-state index in [0.29, 0.717) is 18.7 Å².